The molecule has 12 heavy (non-hydrogen) atoms. The Bertz CT molecular complexity index is 318. The number of aliphatic carboxylic acids is 1. The summed E-state index contributed by atoms with van der Waals surface area (Å²) < 4.78 is 0. The molecule has 0 radical (unpaired) electrons. The molecule has 1 aromatic rings. The number of aromatic nitrogens is 1. The molecular weight excluding hydrogens is 154 g/mol. The molecule has 1 aromatic heterocycles. The monoisotopic (exact) mass is 163 g/mol. The predicted molar refractivity (Wildman–Crippen MR) is 45.6 cm³/mol. The molecule has 1 heterocycles. The topological polar surface area (TPSA) is 50.2 Å². The van der Waals surface area contributed by atoms with Crippen molar-refractivity contribution in [1.29, 1.82) is 0 Å². The highest BCUT2D eigenvalue weighted by molar-refractivity contribution is 5.85. The number of hydrogen-bond donors (Lipinski definition) is 1. The molecule has 0 saturated heterocycles. The van der Waals surface area contributed by atoms with E-state index in [0.29, 0.717) is 0 Å². The summed E-state index contributed by atoms with van der Waals surface area (Å²) in [5.74, 6) is -0.948. The maximum Gasteiger partial charge on any atom is 0.328 e. The molecule has 62 valence electrons. The van der Waals surface area contributed by atoms with Crippen molar-refractivity contribution in [3.05, 3.63) is 35.7 Å². The van der Waals surface area contributed by atoms with Crippen molar-refractivity contribution in [2.75, 3.05) is 0 Å². The van der Waals surface area contributed by atoms with E-state index in [-0.39, 0.29) is 0 Å². The Morgan fingerprint density at radius 1 is 1.58 bits per heavy atom. The first-order valence-electron chi connectivity index (χ1n) is 3.51. The Morgan fingerprint density at radius 2 is 2.33 bits per heavy atom. The molecule has 0 amide bonds. The molecule has 1 rings (SSSR count). The van der Waals surface area contributed by atoms with Gasteiger partial charge in [-0.2, -0.15) is 0 Å². The fourth-order valence-corrected chi connectivity index (χ4v) is 0.837. The van der Waals surface area contributed by atoms with Gasteiger partial charge in [0, 0.05) is 18.5 Å². The minimum atomic E-state index is -0.948. The number of carboxylic acid groups (broad SMARTS) is 1. The zero-order chi connectivity index (χ0) is 8.97. The van der Waals surface area contributed by atoms with Gasteiger partial charge in [0.05, 0.1) is 0 Å². The second-order valence-corrected chi connectivity index (χ2v) is 2.47. The normalized spacial score (nSPS) is 10.4. The van der Waals surface area contributed by atoms with Crippen LogP contribution in [0.25, 0.3) is 6.08 Å². The zero-order valence-electron chi connectivity index (χ0n) is 6.69. The summed E-state index contributed by atoms with van der Waals surface area (Å²) in [6.07, 6.45) is 5.95. The minimum Gasteiger partial charge on any atom is -0.478 e. The molecule has 0 aliphatic carbocycles. The third kappa shape index (κ3) is 2.54. The highest BCUT2D eigenvalue weighted by atomic mass is 16.4. The Hall–Kier alpha value is -1.64. The van der Waals surface area contributed by atoms with E-state index < -0.39 is 5.97 Å². The second kappa shape index (κ2) is 3.67. The smallest absolute Gasteiger partial charge is 0.328 e. The standard InChI is InChI=1S/C9H9NO2/c1-7-4-8(6-10-5-7)2-3-9(11)12/h2-6H,1H3,(H,11,12)/b3-2-. The lowest BCUT2D eigenvalue weighted by atomic mass is 10.2. The van der Waals surface area contributed by atoms with Gasteiger partial charge in [0.15, 0.2) is 0 Å². The van der Waals surface area contributed by atoms with E-state index in [1.54, 1.807) is 12.4 Å². The van der Waals surface area contributed by atoms with Gasteiger partial charge in [-0.15, -0.1) is 0 Å². The molecule has 0 aliphatic rings. The summed E-state index contributed by atoms with van der Waals surface area (Å²) in [7, 11) is 0. The Balaban J connectivity index is 2.83. The highest BCUT2D eigenvalue weighted by Crippen LogP contribution is 2.02. The van der Waals surface area contributed by atoms with Crippen LogP contribution in [0, 0.1) is 6.92 Å². The van der Waals surface area contributed by atoms with Gasteiger partial charge in [-0.25, -0.2) is 4.79 Å². The first-order chi connectivity index (χ1) is 5.68. The fourth-order valence-electron chi connectivity index (χ4n) is 0.837. The van der Waals surface area contributed by atoms with Crippen LogP contribution < -0.4 is 0 Å². The predicted octanol–water partition coefficient (Wildman–Crippen LogP) is 1.49. The number of pyridine rings is 1. The largest absolute Gasteiger partial charge is 0.478 e. The van der Waals surface area contributed by atoms with Gasteiger partial charge in [0.25, 0.3) is 0 Å². The summed E-state index contributed by atoms with van der Waals surface area (Å²) in [6, 6.07) is 1.87. The van der Waals surface area contributed by atoms with Crippen molar-refractivity contribution < 1.29 is 9.90 Å². The van der Waals surface area contributed by atoms with Crippen LogP contribution in [0.4, 0.5) is 0 Å². The number of hydrogen-bond acceptors (Lipinski definition) is 2. The molecule has 0 bridgehead atoms. The molecule has 3 heteroatoms. The molecule has 0 saturated carbocycles. The van der Waals surface area contributed by atoms with Crippen molar-refractivity contribution >= 4 is 12.0 Å². The van der Waals surface area contributed by atoms with Gasteiger partial charge in [-0.3, -0.25) is 4.98 Å². The molecule has 0 unspecified atom stereocenters. The molecular formula is C9H9NO2. The third-order valence-electron chi connectivity index (χ3n) is 1.31. The molecule has 0 atom stereocenters. The average Bonchev–Trinajstić information content (AvgIpc) is 2.01. The van der Waals surface area contributed by atoms with Gasteiger partial charge in [-0.05, 0) is 30.2 Å². The molecule has 0 aromatic carbocycles. The van der Waals surface area contributed by atoms with Crippen LogP contribution in [-0.4, -0.2) is 16.1 Å². The van der Waals surface area contributed by atoms with Crippen molar-refractivity contribution in [2.45, 2.75) is 6.92 Å². The third-order valence-corrected chi connectivity index (χ3v) is 1.31. The Labute approximate surface area is 70.4 Å². The van der Waals surface area contributed by atoms with Gasteiger partial charge in [-0.1, -0.05) is 0 Å². The fraction of sp³-hybridized carbons (Fsp3) is 0.111. The van der Waals surface area contributed by atoms with Crippen LogP contribution in [0.15, 0.2) is 24.5 Å². The molecule has 0 spiro atoms. The van der Waals surface area contributed by atoms with E-state index >= 15 is 0 Å². The SMILES string of the molecule is Cc1cncc(/C=C\C(=O)O)c1. The lowest BCUT2D eigenvalue weighted by Gasteiger charge is -1.92. The maximum atomic E-state index is 10.2. The van der Waals surface area contributed by atoms with Gasteiger partial charge in [0.2, 0.25) is 0 Å². The summed E-state index contributed by atoms with van der Waals surface area (Å²) in [6.45, 7) is 1.91. The van der Waals surface area contributed by atoms with Gasteiger partial charge >= 0.3 is 5.97 Å². The number of rotatable bonds is 2. The lowest BCUT2D eigenvalue weighted by Crippen LogP contribution is -1.86. The van der Waals surface area contributed by atoms with Crippen LogP contribution in [-0.2, 0) is 4.79 Å². The summed E-state index contributed by atoms with van der Waals surface area (Å²) in [4.78, 5) is 14.1. The van der Waals surface area contributed by atoms with Crippen molar-refractivity contribution in [3.63, 3.8) is 0 Å². The van der Waals surface area contributed by atoms with Crippen LogP contribution in [0.2, 0.25) is 0 Å². The lowest BCUT2D eigenvalue weighted by molar-refractivity contribution is -0.131. The van der Waals surface area contributed by atoms with Gasteiger partial charge < -0.3 is 5.11 Å². The van der Waals surface area contributed by atoms with Crippen LogP contribution in [0.3, 0.4) is 0 Å². The Morgan fingerprint density at radius 3 is 2.92 bits per heavy atom. The van der Waals surface area contributed by atoms with Gasteiger partial charge in [0.1, 0.15) is 0 Å². The van der Waals surface area contributed by atoms with Crippen molar-refractivity contribution in [1.82, 2.24) is 4.98 Å². The quantitative estimate of drug-likeness (QED) is 0.672. The van der Waals surface area contributed by atoms with Crippen molar-refractivity contribution in [2.24, 2.45) is 0 Å². The molecule has 0 fully saturated rings. The Kier molecular flexibility index (Phi) is 2.58. The second-order valence-electron chi connectivity index (χ2n) is 2.47. The first-order valence-corrected chi connectivity index (χ1v) is 3.51. The van der Waals surface area contributed by atoms with E-state index in [1.807, 2.05) is 13.0 Å². The van der Waals surface area contributed by atoms with Crippen LogP contribution in [0.5, 0.6) is 0 Å². The van der Waals surface area contributed by atoms with Crippen LogP contribution >= 0.6 is 0 Å². The molecule has 3 nitrogen and oxygen atoms in total. The molecule has 0 aliphatic heterocycles. The average molecular weight is 163 g/mol. The number of nitrogens with zero attached hydrogens (tertiary/aromatic N) is 1. The van der Waals surface area contributed by atoms with E-state index in [0.717, 1.165) is 17.2 Å². The number of aryl methyl sites for hydroxylation is 1. The zero-order valence-corrected chi connectivity index (χ0v) is 6.69. The number of carbonyl (C=O) groups is 1. The highest BCUT2D eigenvalue weighted by Gasteiger charge is 1.89. The maximum absolute atomic E-state index is 10.2. The van der Waals surface area contributed by atoms with Crippen molar-refractivity contribution in [3.8, 4) is 0 Å². The van der Waals surface area contributed by atoms with E-state index in [9.17, 15) is 4.79 Å². The first kappa shape index (κ1) is 8.46. The number of carboxylic acids is 1. The molecule has 1 N–H and O–H groups in total. The van der Waals surface area contributed by atoms with E-state index in [2.05, 4.69) is 4.98 Å². The summed E-state index contributed by atoms with van der Waals surface area (Å²) >= 11 is 0. The van der Waals surface area contributed by atoms with E-state index in [1.165, 1.54) is 6.08 Å². The minimum absolute atomic E-state index is 0.803. The van der Waals surface area contributed by atoms with Crippen LogP contribution in [0.1, 0.15) is 11.1 Å². The summed E-state index contributed by atoms with van der Waals surface area (Å²) in [5.41, 5.74) is 1.82. The summed E-state index contributed by atoms with van der Waals surface area (Å²) in [5, 5.41) is 8.34. The van der Waals surface area contributed by atoms with E-state index in [4.69, 9.17) is 5.11 Å².